The summed E-state index contributed by atoms with van der Waals surface area (Å²) in [5, 5.41) is 10.6. The van der Waals surface area contributed by atoms with E-state index in [0.29, 0.717) is 25.7 Å². The molecule has 0 aliphatic carbocycles. The number of hydrogen-bond donors (Lipinski definition) is 3. The number of hydrogen-bond acceptors (Lipinski definition) is 15. The minimum absolute atomic E-state index is 0.104. The van der Waals surface area contributed by atoms with Crippen LogP contribution in [-0.2, 0) is 65.4 Å². The van der Waals surface area contributed by atoms with Gasteiger partial charge in [0.05, 0.1) is 26.4 Å². The third kappa shape index (κ3) is 68.6. The molecule has 0 spiro atoms. The van der Waals surface area contributed by atoms with E-state index in [1.54, 1.807) is 0 Å². The number of esters is 4. The summed E-state index contributed by atoms with van der Waals surface area (Å²) in [5.74, 6) is 0.183. The molecule has 0 aliphatic heterocycles. The number of carbonyl (C=O) groups excluding carboxylic acids is 4. The van der Waals surface area contributed by atoms with Crippen molar-refractivity contribution < 1.29 is 80.2 Å². The van der Waals surface area contributed by atoms with Crippen LogP contribution in [0.3, 0.4) is 0 Å². The van der Waals surface area contributed by atoms with Gasteiger partial charge in [-0.25, -0.2) is 9.13 Å². The second kappa shape index (κ2) is 65.7. The van der Waals surface area contributed by atoms with E-state index >= 15 is 0 Å². The zero-order valence-electron chi connectivity index (χ0n) is 61.4. The standard InChI is InChI=1S/C75H146O17P2/c1-8-9-10-11-12-13-27-35-42-49-56-72(77)85-63-71(92-75(80)59-52-45-38-31-30-34-41-48-55-68(6)7)65-90-94(83,84)88-61-69(76)60-87-93(81,82)89-64-70(62-86-73(78)57-50-43-36-28-23-20-19-22-26-33-40-47-54-67(4)5)91-74(79)58-51-44-37-29-24-18-16-14-15-17-21-25-32-39-46-53-66(2)3/h66-71,76H,8-65H2,1-7H3,(H,81,82)(H,83,84)/t69-,70-,71-/m1/s1. The average molecular weight is 1380 g/mol. The van der Waals surface area contributed by atoms with Crippen LogP contribution in [0.2, 0.25) is 0 Å². The van der Waals surface area contributed by atoms with E-state index in [0.717, 1.165) is 108 Å². The molecule has 0 radical (unpaired) electrons. The Morgan fingerprint density at radius 2 is 0.489 bits per heavy atom. The molecule has 0 aromatic carbocycles. The number of unbranched alkanes of at least 4 members (excludes halogenated alkanes) is 41. The third-order valence-corrected chi connectivity index (χ3v) is 19.3. The predicted molar refractivity (Wildman–Crippen MR) is 381 cm³/mol. The van der Waals surface area contributed by atoms with Gasteiger partial charge in [-0.05, 0) is 43.4 Å². The average Bonchev–Trinajstić information content (AvgIpc) is 1.82. The molecule has 3 N–H and O–H groups in total. The molecule has 19 heteroatoms. The molecule has 558 valence electrons. The van der Waals surface area contributed by atoms with Gasteiger partial charge in [-0.1, -0.05) is 331 Å². The zero-order chi connectivity index (χ0) is 69.4. The van der Waals surface area contributed by atoms with Gasteiger partial charge in [0.15, 0.2) is 12.2 Å². The maximum Gasteiger partial charge on any atom is 0.472 e. The molecule has 0 heterocycles. The molecule has 0 aliphatic rings. The van der Waals surface area contributed by atoms with Gasteiger partial charge in [0.2, 0.25) is 0 Å². The Morgan fingerprint density at radius 1 is 0.287 bits per heavy atom. The molecular weight excluding hydrogens is 1230 g/mol. The summed E-state index contributed by atoms with van der Waals surface area (Å²) in [4.78, 5) is 72.7. The van der Waals surface area contributed by atoms with Crippen molar-refractivity contribution in [2.24, 2.45) is 17.8 Å². The van der Waals surface area contributed by atoms with Crippen molar-refractivity contribution in [3.05, 3.63) is 0 Å². The third-order valence-electron chi connectivity index (χ3n) is 17.4. The first-order valence-corrected chi connectivity index (χ1v) is 41.8. The number of carbonyl (C=O) groups is 4. The fourth-order valence-electron chi connectivity index (χ4n) is 11.4. The number of aliphatic hydroxyl groups excluding tert-OH is 1. The van der Waals surface area contributed by atoms with E-state index in [-0.39, 0.29) is 25.7 Å². The van der Waals surface area contributed by atoms with Crippen molar-refractivity contribution in [3.63, 3.8) is 0 Å². The molecule has 94 heavy (non-hydrogen) atoms. The molecule has 2 unspecified atom stereocenters. The Kier molecular flexibility index (Phi) is 64.3. The van der Waals surface area contributed by atoms with Crippen LogP contribution in [0.4, 0.5) is 0 Å². The van der Waals surface area contributed by atoms with Crippen molar-refractivity contribution in [3.8, 4) is 0 Å². The van der Waals surface area contributed by atoms with Gasteiger partial charge in [-0.3, -0.25) is 37.3 Å². The van der Waals surface area contributed by atoms with Gasteiger partial charge in [0, 0.05) is 25.7 Å². The number of rotatable bonds is 73. The fraction of sp³-hybridized carbons (Fsp3) is 0.947. The minimum atomic E-state index is -4.96. The van der Waals surface area contributed by atoms with Gasteiger partial charge in [-0.15, -0.1) is 0 Å². The van der Waals surface area contributed by atoms with E-state index in [9.17, 15) is 43.2 Å². The molecule has 0 fully saturated rings. The Labute approximate surface area is 575 Å². The lowest BCUT2D eigenvalue weighted by Gasteiger charge is -2.21. The Bertz CT molecular complexity index is 1840. The zero-order valence-corrected chi connectivity index (χ0v) is 63.2. The van der Waals surface area contributed by atoms with Crippen LogP contribution in [0.1, 0.15) is 382 Å². The predicted octanol–water partition coefficient (Wildman–Crippen LogP) is 21.8. The normalized spacial score (nSPS) is 14.1. The van der Waals surface area contributed by atoms with Crippen molar-refractivity contribution in [2.75, 3.05) is 39.6 Å². The summed E-state index contributed by atoms with van der Waals surface area (Å²) in [6.07, 6.45) is 51.3. The van der Waals surface area contributed by atoms with Crippen LogP contribution in [0.5, 0.6) is 0 Å². The highest BCUT2D eigenvalue weighted by molar-refractivity contribution is 7.47. The maximum absolute atomic E-state index is 13.1. The molecule has 0 saturated heterocycles. The SMILES string of the molecule is CCCCCCCCCCCCC(=O)OC[C@H](COP(=O)(O)OC[C@H](O)COP(=O)(O)OC[C@@H](COC(=O)CCCCCCCCCCCCCCC(C)C)OC(=O)CCCCCCCCCCCCCCCCCC(C)C)OC(=O)CCCCCCCCCCC(C)C. The topological polar surface area (TPSA) is 237 Å². The number of phosphoric acid groups is 2. The van der Waals surface area contributed by atoms with Gasteiger partial charge < -0.3 is 33.8 Å². The number of phosphoric ester groups is 2. The Balaban J connectivity index is 5.23. The first-order chi connectivity index (χ1) is 45.2. The lowest BCUT2D eigenvalue weighted by molar-refractivity contribution is -0.161. The molecule has 0 saturated carbocycles. The lowest BCUT2D eigenvalue weighted by atomic mass is 10.0. The second-order valence-corrected chi connectivity index (χ2v) is 31.4. The summed E-state index contributed by atoms with van der Waals surface area (Å²) in [6.45, 7) is 11.9. The van der Waals surface area contributed by atoms with Crippen molar-refractivity contribution in [2.45, 2.75) is 401 Å². The van der Waals surface area contributed by atoms with Gasteiger partial charge in [0.25, 0.3) is 0 Å². The summed E-state index contributed by atoms with van der Waals surface area (Å²) in [5.41, 5.74) is 0. The fourth-order valence-corrected chi connectivity index (χ4v) is 13.0. The minimum Gasteiger partial charge on any atom is -0.462 e. The summed E-state index contributed by atoms with van der Waals surface area (Å²) in [6, 6.07) is 0. The molecule has 17 nitrogen and oxygen atoms in total. The Morgan fingerprint density at radius 3 is 0.723 bits per heavy atom. The van der Waals surface area contributed by atoms with Crippen LogP contribution in [-0.4, -0.2) is 96.7 Å². The van der Waals surface area contributed by atoms with Crippen molar-refractivity contribution in [1.82, 2.24) is 0 Å². The summed E-state index contributed by atoms with van der Waals surface area (Å²) in [7, 11) is -9.91. The van der Waals surface area contributed by atoms with E-state index < -0.39 is 97.5 Å². The first kappa shape index (κ1) is 92.1. The smallest absolute Gasteiger partial charge is 0.462 e. The molecular formula is C75H146O17P2. The highest BCUT2D eigenvalue weighted by atomic mass is 31.2. The molecule has 0 aromatic heterocycles. The van der Waals surface area contributed by atoms with Gasteiger partial charge >= 0.3 is 39.5 Å². The van der Waals surface area contributed by atoms with Crippen LogP contribution in [0.15, 0.2) is 0 Å². The maximum atomic E-state index is 13.1. The second-order valence-electron chi connectivity index (χ2n) is 28.5. The monoisotopic (exact) mass is 1380 g/mol. The van der Waals surface area contributed by atoms with Crippen molar-refractivity contribution in [1.29, 1.82) is 0 Å². The summed E-state index contributed by atoms with van der Waals surface area (Å²) >= 11 is 0. The highest BCUT2D eigenvalue weighted by Crippen LogP contribution is 2.45. The number of aliphatic hydroxyl groups is 1. The van der Waals surface area contributed by atoms with E-state index in [1.165, 1.54) is 193 Å². The molecule has 0 rings (SSSR count). The van der Waals surface area contributed by atoms with Crippen molar-refractivity contribution >= 4 is 39.5 Å². The van der Waals surface area contributed by atoms with Crippen LogP contribution >= 0.6 is 15.6 Å². The molecule has 0 bridgehead atoms. The summed E-state index contributed by atoms with van der Waals surface area (Å²) < 4.78 is 68.5. The quantitative estimate of drug-likeness (QED) is 0.0222. The molecule has 0 aromatic rings. The number of ether oxygens (including phenoxy) is 4. The van der Waals surface area contributed by atoms with E-state index in [2.05, 4.69) is 48.5 Å². The first-order valence-electron chi connectivity index (χ1n) is 38.8. The van der Waals surface area contributed by atoms with Gasteiger partial charge in [-0.2, -0.15) is 0 Å². The van der Waals surface area contributed by atoms with E-state index in [4.69, 9.17) is 37.0 Å². The lowest BCUT2D eigenvalue weighted by Crippen LogP contribution is -2.30. The van der Waals surface area contributed by atoms with Crippen LogP contribution < -0.4 is 0 Å². The van der Waals surface area contributed by atoms with E-state index in [1.807, 2.05) is 0 Å². The molecule has 5 atom stereocenters. The van der Waals surface area contributed by atoms with Gasteiger partial charge in [0.1, 0.15) is 19.3 Å². The van der Waals surface area contributed by atoms with Crippen LogP contribution in [0, 0.1) is 17.8 Å². The highest BCUT2D eigenvalue weighted by Gasteiger charge is 2.30. The molecule has 0 amide bonds. The largest absolute Gasteiger partial charge is 0.472 e. The Hall–Kier alpha value is -1.94. The van der Waals surface area contributed by atoms with Crippen LogP contribution in [0.25, 0.3) is 0 Å².